The second kappa shape index (κ2) is 328. The molecular weight excluding hydrogens is 1560 g/mol. The molecule has 0 aliphatic carbocycles. The summed E-state index contributed by atoms with van der Waals surface area (Å²) in [5.41, 5.74) is 0. The van der Waals surface area contributed by atoms with Gasteiger partial charge in [-0.1, -0.05) is 0 Å². The van der Waals surface area contributed by atoms with Gasteiger partial charge in [-0.15, -0.1) is 0 Å². The van der Waals surface area contributed by atoms with Crippen LogP contribution < -0.4 is 0 Å². The van der Waals surface area contributed by atoms with E-state index in [0.29, 0.717) is 0 Å². The van der Waals surface area contributed by atoms with Gasteiger partial charge in [-0.05, 0) is 0 Å². The van der Waals surface area contributed by atoms with Gasteiger partial charge in [0.05, 0.1) is 0 Å². The van der Waals surface area contributed by atoms with Gasteiger partial charge in [-0.2, -0.15) is 9.90 Å². The molecule has 1 atom stereocenters. The maximum Gasteiger partial charge on any atom is 0 e. The van der Waals surface area contributed by atoms with Gasteiger partial charge in [-0.3, -0.25) is 0 Å². The van der Waals surface area contributed by atoms with Crippen LogP contribution in [0.15, 0.2) is 0 Å². The third kappa shape index (κ3) is 314. The van der Waals surface area contributed by atoms with Crippen LogP contribution in [0.25, 0.3) is 0 Å². The summed E-state index contributed by atoms with van der Waals surface area (Å²) in [6, 6.07) is 0. The fourth-order valence-corrected chi connectivity index (χ4v) is 0. The minimum atomic E-state index is 0. The van der Waals surface area contributed by atoms with Crippen molar-refractivity contribution in [2.45, 2.75) is 0 Å². The van der Waals surface area contributed by atoms with Crippen molar-refractivity contribution in [1.82, 2.24) is 0 Å². The van der Waals surface area contributed by atoms with E-state index < -0.39 is 0 Å². The molecule has 0 saturated heterocycles. The Labute approximate surface area is 551 Å². The smallest absolute Gasteiger partial charge is 0 e. The summed E-state index contributed by atoms with van der Waals surface area (Å²) in [5, 5.41) is 0. The van der Waals surface area contributed by atoms with Gasteiger partial charge in [0.25, 0.3) is 0 Å². The molecule has 1 unspecified atom stereocenters. The van der Waals surface area contributed by atoms with Crippen LogP contribution in [0.2, 0.25) is 0 Å². The monoisotopic (exact) mass is 1560 g/mol. The Kier molecular flexibility index (Phi) is 3690. The average molecular weight is 1560 g/mol. The zero-order valence-electron chi connectivity index (χ0n) is 14.1. The molecule has 0 amide bonds. The first-order valence-electron chi connectivity index (χ1n) is 0. The van der Waals surface area contributed by atoms with E-state index in [9.17, 15) is 0 Å². The molecule has 0 aromatic carbocycles. The fraction of sp³-hybridized carbons (Fsp3) is 0. The van der Waals surface area contributed by atoms with Crippen molar-refractivity contribution in [2.75, 3.05) is 0 Å². The molecule has 0 nitrogen and oxygen atoms in total. The molecule has 0 spiro atoms. The molecule has 0 saturated carbocycles. The van der Waals surface area contributed by atoms with E-state index in [1.165, 1.54) is 0 Å². The first-order valence-corrected chi connectivity index (χ1v) is 0. The van der Waals surface area contributed by atoms with E-state index in [-0.39, 0.29) is 567 Å². The molecule has 31 heteroatoms. The van der Waals surface area contributed by atoms with Crippen molar-refractivity contribution in [2.24, 2.45) is 0 Å². The second-order valence-corrected chi connectivity index (χ2v) is 0. The normalized spacial score (nSPS) is 0. The third-order valence-corrected chi connectivity index (χ3v) is 0. The molecule has 158 valence electrons. The van der Waals surface area contributed by atoms with Gasteiger partial charge in [0, 0.05) is 557 Å². The largest absolute Gasteiger partial charge is 0.153 e. The Morgan fingerprint density at radius 2 is 0.0645 bits per heavy atom. The average Bonchev–Trinajstić information content (AvgIpc) is 0. The van der Waals surface area contributed by atoms with Crippen molar-refractivity contribution in [3.63, 3.8) is 0 Å². The van der Waals surface area contributed by atoms with Gasteiger partial charge in [0.15, 0.2) is 0 Å². The second-order valence-electron chi connectivity index (χ2n) is 0. The molecule has 0 N–H and O–H groups in total. The third-order valence-electron chi connectivity index (χ3n) is 0. The molecule has 30 radical (unpaired) electrons. The summed E-state index contributed by atoms with van der Waals surface area (Å²) in [4.78, 5) is 0. The molecule has 0 bridgehead atoms. The van der Waals surface area contributed by atoms with Crippen LogP contribution in [0.4, 0.5) is 0 Å². The molecule has 31 heavy (non-hydrogen) atoms. The molecule has 0 fully saturated rings. The molecule has 0 aliphatic rings. The van der Waals surface area contributed by atoms with Crippen molar-refractivity contribution < 1.29 is 557 Å². The predicted molar refractivity (Wildman–Crippen MR) is 11.1 cm³/mol. The summed E-state index contributed by atoms with van der Waals surface area (Å²) in [6.45, 7) is 0. The summed E-state index contributed by atoms with van der Waals surface area (Å²) in [5.74, 6) is 0. The quantitative estimate of drug-likeness (QED) is 0.300. The van der Waals surface area contributed by atoms with Crippen molar-refractivity contribution in [3.8, 4) is 0 Å². The van der Waals surface area contributed by atoms with Crippen LogP contribution in [0.3, 0.4) is 0 Å². The predicted octanol–water partition coefficient (Wildman–Crippen LogP) is -0.0169. The van der Waals surface area contributed by atoms with E-state index >= 15 is 0 Å². The first-order chi connectivity index (χ1) is 0. The first kappa shape index (κ1) is 349. The topological polar surface area (TPSA) is 0 Å². The van der Waals surface area contributed by atoms with Crippen LogP contribution in [0, 0.1) is 0 Å². The number of hydrogen-bond donors (Lipinski definition) is 0. The molecule has 0 heterocycles. The minimum Gasteiger partial charge on any atom is -0.153 e. The van der Waals surface area contributed by atoms with Crippen molar-refractivity contribution in [3.05, 3.63) is 0 Å². The van der Waals surface area contributed by atoms with Crippen molar-refractivity contribution in [1.29, 1.82) is 0 Å². The van der Waals surface area contributed by atoms with Gasteiger partial charge >= 0.3 is 0 Å². The summed E-state index contributed by atoms with van der Waals surface area (Å²) < 4.78 is 0. The van der Waals surface area contributed by atoms with Crippen LogP contribution in [0.1, 0.15) is 0 Å². The van der Waals surface area contributed by atoms with E-state index in [1.54, 1.807) is 0 Å². The van der Waals surface area contributed by atoms with Gasteiger partial charge < -0.3 is 0 Å². The molecule has 0 aromatic heterocycles. The summed E-state index contributed by atoms with van der Waals surface area (Å²) in [6.07, 6.45) is 0. The Balaban J connectivity index is 0. The zero-order valence-corrected chi connectivity index (χ0v) is 57.4. The SMILES string of the molecule is P.[V].[V].[V].[V].[V].[V].[V].[V].[V].[V].[V].[V].[V].[V].[V].[V].[V].[V].[V].[V].[V].[V].[V].[V].[V].[V].[V].[V].[V].[V]. The minimum absolute atomic E-state index is 0. The van der Waals surface area contributed by atoms with E-state index in [4.69, 9.17) is 0 Å². The molecule has 0 aliphatic heterocycles. The zero-order chi connectivity index (χ0) is 0. The Bertz CT molecular complexity index is 6.37. The standard InChI is InChI=1S/H3P.30V/h1H3;;;;;;;;;;;;;;;;;;;;;;;;;;;;;;. The van der Waals surface area contributed by atoms with Gasteiger partial charge in [0.2, 0.25) is 0 Å². The van der Waals surface area contributed by atoms with E-state index in [2.05, 4.69) is 0 Å². The van der Waals surface area contributed by atoms with E-state index in [1.807, 2.05) is 0 Å². The maximum absolute atomic E-state index is 0. The van der Waals surface area contributed by atoms with E-state index in [0.717, 1.165) is 0 Å². The van der Waals surface area contributed by atoms with Crippen LogP contribution in [-0.2, 0) is 557 Å². The summed E-state index contributed by atoms with van der Waals surface area (Å²) in [7, 11) is 0. The Hall–Kier alpha value is 18.0. The van der Waals surface area contributed by atoms with Crippen molar-refractivity contribution >= 4 is 9.90 Å². The Morgan fingerprint density at radius 1 is 0.0645 bits per heavy atom. The summed E-state index contributed by atoms with van der Waals surface area (Å²) >= 11 is 0. The number of hydrogen-bond acceptors (Lipinski definition) is 0. The van der Waals surface area contributed by atoms with Crippen LogP contribution in [-0.4, -0.2) is 0 Å². The van der Waals surface area contributed by atoms with Crippen LogP contribution in [0.5, 0.6) is 0 Å². The molecule has 0 aromatic rings. The Morgan fingerprint density at radius 3 is 0.0645 bits per heavy atom. The van der Waals surface area contributed by atoms with Gasteiger partial charge in [0.1, 0.15) is 0 Å². The maximum atomic E-state index is 0. The fourth-order valence-electron chi connectivity index (χ4n) is 0. The molecule has 0 rings (SSSR count). The number of rotatable bonds is 0. The molecular formula is H3PV30. The van der Waals surface area contributed by atoms with Crippen LogP contribution >= 0.6 is 9.90 Å². The van der Waals surface area contributed by atoms with Gasteiger partial charge in [-0.25, -0.2) is 0 Å².